The Hall–Kier alpha value is -5.08. The Morgan fingerprint density at radius 2 is 0.974 bits per heavy atom. The summed E-state index contributed by atoms with van der Waals surface area (Å²) in [5.41, 5.74) is 10.4. The van der Waals surface area contributed by atoms with E-state index in [4.69, 9.17) is 0 Å². The second-order valence-electron chi connectivity index (χ2n) is 9.90. The maximum atomic E-state index is 4.59. The molecule has 2 nitrogen and oxygen atoms in total. The van der Waals surface area contributed by atoms with Gasteiger partial charge in [0, 0.05) is 23.7 Å². The summed E-state index contributed by atoms with van der Waals surface area (Å²) >= 11 is 0. The highest BCUT2D eigenvalue weighted by Gasteiger charge is 2.17. The van der Waals surface area contributed by atoms with Crippen LogP contribution in [-0.4, -0.2) is 9.97 Å². The average Bonchev–Trinajstić information content (AvgIpc) is 3.00. The van der Waals surface area contributed by atoms with Crippen LogP contribution in [-0.2, 0) is 0 Å². The highest BCUT2D eigenvalue weighted by molar-refractivity contribution is 6.21. The van der Waals surface area contributed by atoms with E-state index in [2.05, 4.69) is 125 Å². The molecule has 184 valence electrons. The number of benzene rings is 5. The number of hydrogen-bond acceptors (Lipinski definition) is 2. The van der Waals surface area contributed by atoms with E-state index in [0.717, 1.165) is 17.0 Å². The van der Waals surface area contributed by atoms with Crippen LogP contribution in [0.2, 0.25) is 0 Å². The molecule has 0 amide bonds. The third-order valence-corrected chi connectivity index (χ3v) is 7.45. The first-order chi connectivity index (χ1) is 19.3. The summed E-state index contributed by atoms with van der Waals surface area (Å²) in [6, 6.07) is 45.5. The van der Waals surface area contributed by atoms with Gasteiger partial charge in [-0.15, -0.1) is 0 Å². The molecular formula is C37H26N2. The average molecular weight is 499 g/mol. The van der Waals surface area contributed by atoms with Gasteiger partial charge in [0.25, 0.3) is 0 Å². The lowest BCUT2D eigenvalue weighted by atomic mass is 9.85. The molecule has 0 bridgehead atoms. The highest BCUT2D eigenvalue weighted by Crippen LogP contribution is 2.44. The molecule has 0 N–H and O–H groups in total. The fourth-order valence-corrected chi connectivity index (χ4v) is 5.67. The van der Waals surface area contributed by atoms with Gasteiger partial charge in [-0.05, 0) is 92.2 Å². The predicted octanol–water partition coefficient (Wildman–Crippen LogP) is 9.76. The molecule has 0 unspecified atom stereocenters. The maximum absolute atomic E-state index is 4.59. The van der Waals surface area contributed by atoms with Crippen molar-refractivity contribution in [3.63, 3.8) is 0 Å². The summed E-state index contributed by atoms with van der Waals surface area (Å²) < 4.78 is 0. The lowest BCUT2D eigenvalue weighted by molar-refractivity contribution is 1.20. The number of pyridine rings is 2. The third kappa shape index (κ3) is 4.17. The van der Waals surface area contributed by atoms with E-state index >= 15 is 0 Å². The van der Waals surface area contributed by atoms with E-state index < -0.39 is 0 Å². The van der Waals surface area contributed by atoms with Gasteiger partial charge in [0.05, 0.1) is 5.69 Å². The van der Waals surface area contributed by atoms with Gasteiger partial charge in [-0.1, -0.05) is 97.1 Å². The van der Waals surface area contributed by atoms with Crippen LogP contribution >= 0.6 is 0 Å². The fraction of sp³-hybridized carbons (Fsp3) is 0.0270. The molecule has 0 aliphatic heterocycles. The van der Waals surface area contributed by atoms with Crippen LogP contribution in [0.3, 0.4) is 0 Å². The van der Waals surface area contributed by atoms with Gasteiger partial charge in [-0.25, -0.2) is 0 Å². The van der Waals surface area contributed by atoms with E-state index in [9.17, 15) is 0 Å². The molecule has 0 atom stereocenters. The molecule has 0 saturated carbocycles. The van der Waals surface area contributed by atoms with Gasteiger partial charge in [-0.3, -0.25) is 9.97 Å². The van der Waals surface area contributed by atoms with Crippen LogP contribution < -0.4 is 0 Å². The summed E-state index contributed by atoms with van der Waals surface area (Å²) in [4.78, 5) is 8.94. The molecule has 39 heavy (non-hydrogen) atoms. The Bertz CT molecular complexity index is 1900. The van der Waals surface area contributed by atoms with Crippen LogP contribution in [0.5, 0.6) is 0 Å². The topological polar surface area (TPSA) is 25.8 Å². The van der Waals surface area contributed by atoms with Gasteiger partial charge >= 0.3 is 0 Å². The summed E-state index contributed by atoms with van der Waals surface area (Å²) in [5.74, 6) is 0. The zero-order chi connectivity index (χ0) is 26.2. The van der Waals surface area contributed by atoms with Gasteiger partial charge in [-0.2, -0.15) is 0 Å². The molecule has 2 aromatic heterocycles. The van der Waals surface area contributed by atoms with E-state index in [1.54, 1.807) is 0 Å². The third-order valence-electron chi connectivity index (χ3n) is 7.45. The number of aromatic nitrogens is 2. The van der Waals surface area contributed by atoms with E-state index in [0.29, 0.717) is 0 Å². The normalized spacial score (nSPS) is 11.2. The van der Waals surface area contributed by atoms with Crippen molar-refractivity contribution >= 4 is 21.5 Å². The van der Waals surface area contributed by atoms with Crippen LogP contribution in [0.25, 0.3) is 66.2 Å². The monoisotopic (exact) mass is 498 g/mol. The summed E-state index contributed by atoms with van der Waals surface area (Å²) in [5, 5.41) is 5.00. The van der Waals surface area contributed by atoms with Gasteiger partial charge in [0.2, 0.25) is 0 Å². The molecule has 7 aromatic rings. The molecule has 0 radical (unpaired) electrons. The first kappa shape index (κ1) is 23.1. The molecule has 0 aliphatic carbocycles. The largest absolute Gasteiger partial charge is 0.262 e. The molecule has 2 heterocycles. The molecule has 0 saturated heterocycles. The van der Waals surface area contributed by atoms with Crippen molar-refractivity contribution in [3.05, 3.63) is 145 Å². The lowest BCUT2D eigenvalue weighted by Gasteiger charge is -2.18. The summed E-state index contributed by atoms with van der Waals surface area (Å²) in [7, 11) is 0. The molecule has 0 fully saturated rings. The molecular weight excluding hydrogens is 472 g/mol. The Kier molecular flexibility index (Phi) is 5.71. The van der Waals surface area contributed by atoms with Gasteiger partial charge in [0.1, 0.15) is 0 Å². The van der Waals surface area contributed by atoms with Crippen molar-refractivity contribution in [2.75, 3.05) is 0 Å². The van der Waals surface area contributed by atoms with Crippen molar-refractivity contribution in [1.82, 2.24) is 9.97 Å². The van der Waals surface area contributed by atoms with Crippen LogP contribution in [0.15, 0.2) is 140 Å². The van der Waals surface area contributed by atoms with E-state index in [-0.39, 0.29) is 0 Å². The minimum Gasteiger partial charge on any atom is -0.262 e. The predicted molar refractivity (Wildman–Crippen MR) is 164 cm³/mol. The molecule has 0 aliphatic rings. The van der Waals surface area contributed by atoms with Crippen molar-refractivity contribution in [2.24, 2.45) is 0 Å². The quantitative estimate of drug-likeness (QED) is 0.226. The number of hydrogen-bond donors (Lipinski definition) is 0. The number of aryl methyl sites for hydroxylation is 1. The Balaban J connectivity index is 1.45. The zero-order valence-electron chi connectivity index (χ0n) is 21.7. The van der Waals surface area contributed by atoms with Crippen molar-refractivity contribution in [2.45, 2.75) is 6.92 Å². The molecule has 7 rings (SSSR count). The second kappa shape index (κ2) is 9.66. The maximum Gasteiger partial charge on any atom is 0.0702 e. The first-order valence-electron chi connectivity index (χ1n) is 13.2. The Morgan fingerprint density at radius 1 is 0.385 bits per heavy atom. The van der Waals surface area contributed by atoms with Crippen molar-refractivity contribution in [3.8, 4) is 44.6 Å². The number of rotatable bonds is 4. The highest BCUT2D eigenvalue weighted by atomic mass is 14.7. The fourth-order valence-electron chi connectivity index (χ4n) is 5.67. The first-order valence-corrected chi connectivity index (χ1v) is 13.2. The Morgan fingerprint density at radius 3 is 1.59 bits per heavy atom. The molecule has 2 heteroatoms. The molecule has 5 aromatic carbocycles. The van der Waals surface area contributed by atoms with Crippen LogP contribution in [0.4, 0.5) is 0 Å². The standard InChI is InChI=1S/C37H26N2/c1-25-23-28(20-22-38-25)26-16-18-27(19-17-26)36-31-11-2-4-13-33(31)37(34-14-5-3-12-32(34)36)30-10-8-9-29(24-30)35-15-6-7-21-39-35/h2-24H,1H3. The SMILES string of the molecule is Cc1cc(-c2ccc(-c3c4ccccc4c(-c4cccc(-c5ccccn5)c4)c4ccccc34)cc2)ccn1. The van der Waals surface area contributed by atoms with Crippen LogP contribution in [0, 0.1) is 6.92 Å². The summed E-state index contributed by atoms with van der Waals surface area (Å²) in [6.07, 6.45) is 3.73. The molecule has 0 spiro atoms. The second-order valence-corrected chi connectivity index (χ2v) is 9.90. The minimum atomic E-state index is 0.981. The minimum absolute atomic E-state index is 0.981. The summed E-state index contributed by atoms with van der Waals surface area (Å²) in [6.45, 7) is 2.03. The van der Waals surface area contributed by atoms with Gasteiger partial charge in [0.15, 0.2) is 0 Å². The van der Waals surface area contributed by atoms with E-state index in [1.165, 1.54) is 54.9 Å². The van der Waals surface area contributed by atoms with Crippen molar-refractivity contribution in [1.29, 1.82) is 0 Å². The number of nitrogens with zero attached hydrogens (tertiary/aromatic N) is 2. The Labute approximate surface area is 228 Å². The van der Waals surface area contributed by atoms with Gasteiger partial charge < -0.3 is 0 Å². The van der Waals surface area contributed by atoms with E-state index in [1.807, 2.05) is 31.5 Å². The zero-order valence-corrected chi connectivity index (χ0v) is 21.7. The van der Waals surface area contributed by atoms with Crippen LogP contribution in [0.1, 0.15) is 5.69 Å². The van der Waals surface area contributed by atoms with Crippen molar-refractivity contribution < 1.29 is 0 Å². The number of fused-ring (bicyclic) bond motifs is 2. The smallest absolute Gasteiger partial charge is 0.0702 e. The lowest BCUT2D eigenvalue weighted by Crippen LogP contribution is -1.91.